The van der Waals surface area contributed by atoms with Gasteiger partial charge in [0.1, 0.15) is 0 Å². The van der Waals surface area contributed by atoms with Crippen molar-refractivity contribution in [1.82, 2.24) is 19.9 Å². The van der Waals surface area contributed by atoms with Crippen LogP contribution in [0.15, 0.2) is 36.7 Å². The second-order valence-electron chi connectivity index (χ2n) is 4.67. The van der Waals surface area contributed by atoms with Gasteiger partial charge < -0.3 is 10.0 Å². The largest absolute Gasteiger partial charge is 0.478 e. The summed E-state index contributed by atoms with van der Waals surface area (Å²) < 4.78 is 1.60. The van der Waals surface area contributed by atoms with E-state index in [1.807, 2.05) is 0 Å². The van der Waals surface area contributed by atoms with Crippen molar-refractivity contribution in [2.75, 3.05) is 7.05 Å². The van der Waals surface area contributed by atoms with Crippen molar-refractivity contribution in [2.45, 2.75) is 19.5 Å². The molecule has 1 heterocycles. The molecule has 7 nitrogen and oxygen atoms in total. The summed E-state index contributed by atoms with van der Waals surface area (Å²) in [6.07, 6.45) is 3.61. The van der Waals surface area contributed by atoms with Crippen LogP contribution in [0.1, 0.15) is 22.3 Å². The first kappa shape index (κ1) is 14.7. The first-order chi connectivity index (χ1) is 10.1. The number of aromatic nitrogens is 3. The van der Waals surface area contributed by atoms with E-state index in [1.54, 1.807) is 41.2 Å². The topological polar surface area (TPSA) is 88.3 Å². The number of aromatic carboxylic acids is 1. The lowest BCUT2D eigenvalue weighted by molar-refractivity contribution is -0.130. The van der Waals surface area contributed by atoms with Gasteiger partial charge in [0.05, 0.1) is 18.3 Å². The van der Waals surface area contributed by atoms with Crippen LogP contribution in [0.2, 0.25) is 0 Å². The number of rotatable bonds is 6. The Morgan fingerprint density at radius 2 is 2.00 bits per heavy atom. The Bertz CT molecular complexity index is 608. The molecular formula is C14H16N4O3. The van der Waals surface area contributed by atoms with Gasteiger partial charge in [-0.1, -0.05) is 17.3 Å². The minimum atomic E-state index is -0.959. The number of hydrogen-bond donors (Lipinski definition) is 1. The van der Waals surface area contributed by atoms with Gasteiger partial charge in [-0.3, -0.25) is 9.48 Å². The molecule has 1 aromatic carbocycles. The Morgan fingerprint density at radius 3 is 2.57 bits per heavy atom. The van der Waals surface area contributed by atoms with E-state index in [-0.39, 0.29) is 11.5 Å². The Balaban J connectivity index is 1.86. The van der Waals surface area contributed by atoms with Crippen molar-refractivity contribution in [3.8, 4) is 0 Å². The van der Waals surface area contributed by atoms with Crippen molar-refractivity contribution >= 4 is 11.9 Å². The second-order valence-corrected chi connectivity index (χ2v) is 4.67. The van der Waals surface area contributed by atoms with Gasteiger partial charge in [0.2, 0.25) is 5.91 Å². The SMILES string of the molecule is CN(Cc1ccc(C(=O)O)cc1)C(=O)CCn1ccnn1. The van der Waals surface area contributed by atoms with Gasteiger partial charge in [-0.05, 0) is 17.7 Å². The molecule has 7 heteroatoms. The molecule has 1 amide bonds. The number of carboxylic acid groups (broad SMARTS) is 1. The van der Waals surface area contributed by atoms with Crippen molar-refractivity contribution in [3.63, 3.8) is 0 Å². The monoisotopic (exact) mass is 288 g/mol. The van der Waals surface area contributed by atoms with Crippen molar-refractivity contribution in [1.29, 1.82) is 0 Å². The minimum Gasteiger partial charge on any atom is -0.478 e. The molecule has 0 aliphatic heterocycles. The van der Waals surface area contributed by atoms with Crippen LogP contribution < -0.4 is 0 Å². The molecule has 0 fully saturated rings. The van der Waals surface area contributed by atoms with Gasteiger partial charge in [0.15, 0.2) is 0 Å². The molecule has 0 atom stereocenters. The highest BCUT2D eigenvalue weighted by Gasteiger charge is 2.10. The van der Waals surface area contributed by atoms with E-state index in [0.717, 1.165) is 5.56 Å². The summed E-state index contributed by atoms with van der Waals surface area (Å²) in [5.41, 5.74) is 1.12. The molecule has 2 aromatic rings. The Kier molecular flexibility index (Phi) is 4.65. The van der Waals surface area contributed by atoms with Crippen LogP contribution >= 0.6 is 0 Å². The summed E-state index contributed by atoms with van der Waals surface area (Å²) in [6, 6.07) is 6.49. The van der Waals surface area contributed by atoms with Crippen molar-refractivity contribution in [3.05, 3.63) is 47.8 Å². The van der Waals surface area contributed by atoms with Crippen LogP contribution in [0.5, 0.6) is 0 Å². The highest BCUT2D eigenvalue weighted by atomic mass is 16.4. The molecule has 110 valence electrons. The molecule has 0 unspecified atom stereocenters. The van der Waals surface area contributed by atoms with E-state index >= 15 is 0 Å². The third-order valence-corrected chi connectivity index (χ3v) is 3.07. The van der Waals surface area contributed by atoms with Crippen LogP contribution in [0.3, 0.4) is 0 Å². The number of aryl methyl sites for hydroxylation is 1. The van der Waals surface area contributed by atoms with E-state index in [0.29, 0.717) is 19.5 Å². The first-order valence-corrected chi connectivity index (χ1v) is 6.46. The maximum absolute atomic E-state index is 12.0. The molecule has 0 aliphatic carbocycles. The number of carbonyl (C=O) groups is 2. The van der Waals surface area contributed by atoms with E-state index in [4.69, 9.17) is 5.11 Å². The molecule has 0 spiro atoms. The van der Waals surface area contributed by atoms with Crippen molar-refractivity contribution in [2.24, 2.45) is 0 Å². The van der Waals surface area contributed by atoms with Crippen LogP contribution in [0.4, 0.5) is 0 Å². The normalized spacial score (nSPS) is 10.3. The molecule has 21 heavy (non-hydrogen) atoms. The maximum atomic E-state index is 12.0. The fourth-order valence-corrected chi connectivity index (χ4v) is 1.87. The molecule has 0 saturated heterocycles. The van der Waals surface area contributed by atoms with E-state index in [1.165, 1.54) is 12.1 Å². The number of hydrogen-bond acceptors (Lipinski definition) is 4. The van der Waals surface area contributed by atoms with Gasteiger partial charge in [0, 0.05) is 26.2 Å². The Labute approximate surface area is 121 Å². The van der Waals surface area contributed by atoms with Gasteiger partial charge in [-0.15, -0.1) is 5.10 Å². The number of amides is 1. The summed E-state index contributed by atoms with van der Waals surface area (Å²) in [6.45, 7) is 0.928. The van der Waals surface area contributed by atoms with E-state index in [2.05, 4.69) is 10.3 Å². The first-order valence-electron chi connectivity index (χ1n) is 6.46. The summed E-state index contributed by atoms with van der Waals surface area (Å²) in [7, 11) is 1.72. The number of nitrogens with zero attached hydrogens (tertiary/aromatic N) is 4. The van der Waals surface area contributed by atoms with Gasteiger partial charge >= 0.3 is 5.97 Å². The third-order valence-electron chi connectivity index (χ3n) is 3.07. The number of benzene rings is 1. The Hall–Kier alpha value is -2.70. The molecule has 0 aliphatic rings. The number of carboxylic acids is 1. The third kappa shape index (κ3) is 4.13. The zero-order valence-electron chi connectivity index (χ0n) is 11.6. The summed E-state index contributed by atoms with van der Waals surface area (Å²) in [5, 5.41) is 16.3. The average molecular weight is 288 g/mol. The van der Waals surface area contributed by atoms with Crippen LogP contribution in [0.25, 0.3) is 0 Å². The fourth-order valence-electron chi connectivity index (χ4n) is 1.87. The standard InChI is InChI=1S/C14H16N4O3/c1-17(13(19)6-8-18-9-7-15-16-18)10-11-2-4-12(5-3-11)14(20)21/h2-5,7,9H,6,8,10H2,1H3,(H,20,21). The van der Waals surface area contributed by atoms with Crippen molar-refractivity contribution < 1.29 is 14.7 Å². The Morgan fingerprint density at radius 1 is 1.29 bits per heavy atom. The van der Waals surface area contributed by atoms with Crippen LogP contribution in [-0.4, -0.2) is 43.9 Å². The fraction of sp³-hybridized carbons (Fsp3) is 0.286. The molecule has 1 N–H and O–H groups in total. The molecule has 1 aromatic heterocycles. The zero-order valence-corrected chi connectivity index (χ0v) is 11.6. The van der Waals surface area contributed by atoms with Crippen LogP contribution in [-0.2, 0) is 17.9 Å². The van der Waals surface area contributed by atoms with Crippen LogP contribution in [0, 0.1) is 0 Å². The van der Waals surface area contributed by atoms with Gasteiger partial charge in [-0.25, -0.2) is 4.79 Å². The molecule has 2 rings (SSSR count). The molecule has 0 radical (unpaired) electrons. The van der Waals surface area contributed by atoms with Gasteiger partial charge in [0.25, 0.3) is 0 Å². The molecule has 0 saturated carbocycles. The molecular weight excluding hydrogens is 272 g/mol. The second kappa shape index (κ2) is 6.65. The lowest BCUT2D eigenvalue weighted by Crippen LogP contribution is -2.27. The zero-order chi connectivity index (χ0) is 15.2. The lowest BCUT2D eigenvalue weighted by atomic mass is 10.1. The predicted molar refractivity (Wildman–Crippen MR) is 74.5 cm³/mol. The summed E-state index contributed by atoms with van der Waals surface area (Å²) in [4.78, 5) is 24.4. The number of carbonyl (C=O) groups excluding carboxylic acids is 1. The smallest absolute Gasteiger partial charge is 0.335 e. The predicted octanol–water partition coefficient (Wildman–Crippen LogP) is 1.02. The summed E-state index contributed by atoms with van der Waals surface area (Å²) >= 11 is 0. The highest BCUT2D eigenvalue weighted by molar-refractivity contribution is 5.87. The maximum Gasteiger partial charge on any atom is 0.335 e. The minimum absolute atomic E-state index is 0.00666. The summed E-state index contributed by atoms with van der Waals surface area (Å²) in [5.74, 6) is -0.966. The quantitative estimate of drug-likeness (QED) is 0.857. The van der Waals surface area contributed by atoms with Gasteiger partial charge in [-0.2, -0.15) is 0 Å². The highest BCUT2D eigenvalue weighted by Crippen LogP contribution is 2.08. The van der Waals surface area contributed by atoms with E-state index < -0.39 is 5.97 Å². The van der Waals surface area contributed by atoms with E-state index in [9.17, 15) is 9.59 Å². The molecule has 0 bridgehead atoms. The average Bonchev–Trinajstić information content (AvgIpc) is 2.98. The lowest BCUT2D eigenvalue weighted by Gasteiger charge is -2.17.